The van der Waals surface area contributed by atoms with Crippen LogP contribution in [-0.2, 0) is 0 Å². The Labute approximate surface area is 70.6 Å². The molecule has 1 nitrogen and oxygen atoms in total. The molecule has 1 aliphatic rings. The van der Waals surface area contributed by atoms with Gasteiger partial charge in [0.15, 0.2) is 0 Å². The summed E-state index contributed by atoms with van der Waals surface area (Å²) >= 11 is 0. The van der Waals surface area contributed by atoms with Gasteiger partial charge >= 0.3 is 0 Å². The molecule has 2 unspecified atom stereocenters. The molecule has 1 aliphatic carbocycles. The lowest BCUT2D eigenvalue weighted by Gasteiger charge is -2.14. The van der Waals surface area contributed by atoms with Gasteiger partial charge in [0.05, 0.1) is 0 Å². The van der Waals surface area contributed by atoms with Gasteiger partial charge in [-0.05, 0) is 37.6 Å². The highest BCUT2D eigenvalue weighted by molar-refractivity contribution is 4.81. The van der Waals surface area contributed by atoms with Crippen molar-refractivity contribution in [2.75, 3.05) is 6.54 Å². The van der Waals surface area contributed by atoms with E-state index in [4.69, 9.17) is 0 Å². The van der Waals surface area contributed by atoms with Crippen LogP contribution in [0, 0.1) is 11.8 Å². The van der Waals surface area contributed by atoms with Crippen LogP contribution in [-0.4, -0.2) is 12.6 Å². The lowest BCUT2D eigenvalue weighted by molar-refractivity contribution is 0.383. The molecule has 66 valence electrons. The maximum Gasteiger partial charge on any atom is 0.00697 e. The number of hydrogen-bond acceptors (Lipinski definition) is 1. The van der Waals surface area contributed by atoms with Crippen molar-refractivity contribution < 1.29 is 0 Å². The molecule has 1 rings (SSSR count). The minimum atomic E-state index is 0.826. The third kappa shape index (κ3) is 2.48. The largest absolute Gasteiger partial charge is 0.314 e. The molecule has 0 aromatic heterocycles. The Balaban J connectivity index is 2.23. The number of rotatable bonds is 3. The highest BCUT2D eigenvalue weighted by Crippen LogP contribution is 2.31. The second kappa shape index (κ2) is 4.10. The fraction of sp³-hybridized carbons (Fsp3) is 1.00. The van der Waals surface area contributed by atoms with Crippen molar-refractivity contribution in [3.8, 4) is 0 Å². The van der Waals surface area contributed by atoms with E-state index in [1.54, 1.807) is 0 Å². The normalized spacial score (nSPS) is 31.6. The Morgan fingerprint density at radius 1 is 1.36 bits per heavy atom. The smallest absolute Gasteiger partial charge is 0.00697 e. The molecule has 0 radical (unpaired) electrons. The first-order valence-electron chi connectivity index (χ1n) is 4.97. The lowest BCUT2D eigenvalue weighted by Crippen LogP contribution is -2.26. The molecule has 1 heteroatoms. The number of nitrogens with one attached hydrogen (secondary N) is 1. The fourth-order valence-corrected chi connectivity index (χ4v) is 2.10. The SMILES string of the molecule is CCNC1CCC(C(C)C)C1. The molecule has 0 aromatic rings. The van der Waals surface area contributed by atoms with Crippen molar-refractivity contribution >= 4 is 0 Å². The van der Waals surface area contributed by atoms with Crippen molar-refractivity contribution in [3.63, 3.8) is 0 Å². The Bertz CT molecular complexity index is 109. The minimum Gasteiger partial charge on any atom is -0.314 e. The number of hydrogen-bond donors (Lipinski definition) is 1. The van der Waals surface area contributed by atoms with Gasteiger partial charge in [-0.2, -0.15) is 0 Å². The zero-order chi connectivity index (χ0) is 8.27. The van der Waals surface area contributed by atoms with Crippen LogP contribution in [0.4, 0.5) is 0 Å². The summed E-state index contributed by atoms with van der Waals surface area (Å²) in [6, 6.07) is 0.826. The van der Waals surface area contributed by atoms with E-state index in [0.29, 0.717) is 0 Å². The molecule has 1 N–H and O–H groups in total. The standard InChI is InChI=1S/C10H21N/c1-4-11-10-6-5-9(7-10)8(2)3/h8-11H,4-7H2,1-3H3. The molecule has 0 bridgehead atoms. The lowest BCUT2D eigenvalue weighted by atomic mass is 9.94. The Morgan fingerprint density at radius 2 is 2.09 bits per heavy atom. The molecular formula is C10H21N. The second-order valence-corrected chi connectivity index (χ2v) is 4.07. The molecule has 0 aliphatic heterocycles. The van der Waals surface area contributed by atoms with Gasteiger partial charge in [-0.15, -0.1) is 0 Å². The first kappa shape index (κ1) is 9.05. The van der Waals surface area contributed by atoms with Crippen molar-refractivity contribution in [1.29, 1.82) is 0 Å². The van der Waals surface area contributed by atoms with Gasteiger partial charge in [-0.3, -0.25) is 0 Å². The van der Waals surface area contributed by atoms with Gasteiger partial charge < -0.3 is 5.32 Å². The summed E-state index contributed by atoms with van der Waals surface area (Å²) in [5.41, 5.74) is 0. The zero-order valence-corrected chi connectivity index (χ0v) is 8.06. The summed E-state index contributed by atoms with van der Waals surface area (Å²) in [4.78, 5) is 0. The third-order valence-electron chi connectivity index (χ3n) is 2.91. The van der Waals surface area contributed by atoms with Crippen LogP contribution in [0.2, 0.25) is 0 Å². The molecule has 1 fully saturated rings. The van der Waals surface area contributed by atoms with E-state index in [1.807, 2.05) is 0 Å². The van der Waals surface area contributed by atoms with E-state index in [2.05, 4.69) is 26.1 Å². The van der Waals surface area contributed by atoms with Crippen LogP contribution in [0.25, 0.3) is 0 Å². The van der Waals surface area contributed by atoms with E-state index in [9.17, 15) is 0 Å². The highest BCUT2D eigenvalue weighted by Gasteiger charge is 2.25. The second-order valence-electron chi connectivity index (χ2n) is 4.07. The molecule has 0 aromatic carbocycles. The van der Waals surface area contributed by atoms with Crippen molar-refractivity contribution in [2.45, 2.75) is 46.1 Å². The summed E-state index contributed by atoms with van der Waals surface area (Å²) in [5.74, 6) is 1.87. The Morgan fingerprint density at radius 3 is 2.55 bits per heavy atom. The quantitative estimate of drug-likeness (QED) is 0.660. The average Bonchev–Trinajstić information content (AvgIpc) is 2.37. The van der Waals surface area contributed by atoms with Crippen molar-refractivity contribution in [3.05, 3.63) is 0 Å². The van der Waals surface area contributed by atoms with E-state index >= 15 is 0 Å². The minimum absolute atomic E-state index is 0.826. The Hall–Kier alpha value is -0.0400. The van der Waals surface area contributed by atoms with Crippen LogP contribution in [0.1, 0.15) is 40.0 Å². The van der Waals surface area contributed by atoms with Crippen LogP contribution in [0.15, 0.2) is 0 Å². The first-order chi connectivity index (χ1) is 5.24. The summed E-state index contributed by atoms with van der Waals surface area (Å²) in [6.07, 6.45) is 4.25. The van der Waals surface area contributed by atoms with E-state index in [1.165, 1.54) is 19.3 Å². The topological polar surface area (TPSA) is 12.0 Å². The van der Waals surface area contributed by atoms with Gasteiger partial charge in [-0.1, -0.05) is 20.8 Å². The predicted octanol–water partition coefficient (Wildman–Crippen LogP) is 2.42. The third-order valence-corrected chi connectivity index (χ3v) is 2.91. The van der Waals surface area contributed by atoms with Crippen molar-refractivity contribution in [2.24, 2.45) is 11.8 Å². The zero-order valence-electron chi connectivity index (χ0n) is 8.06. The van der Waals surface area contributed by atoms with E-state index in [0.717, 1.165) is 24.4 Å². The first-order valence-corrected chi connectivity index (χ1v) is 4.97. The monoisotopic (exact) mass is 155 g/mol. The van der Waals surface area contributed by atoms with Gasteiger partial charge in [0.1, 0.15) is 0 Å². The molecule has 11 heavy (non-hydrogen) atoms. The molecular weight excluding hydrogens is 134 g/mol. The average molecular weight is 155 g/mol. The van der Waals surface area contributed by atoms with E-state index in [-0.39, 0.29) is 0 Å². The molecule has 2 atom stereocenters. The summed E-state index contributed by atoms with van der Waals surface area (Å²) in [6.45, 7) is 8.02. The van der Waals surface area contributed by atoms with Crippen LogP contribution in [0.5, 0.6) is 0 Å². The molecule has 1 saturated carbocycles. The van der Waals surface area contributed by atoms with Crippen LogP contribution >= 0.6 is 0 Å². The molecule has 0 spiro atoms. The van der Waals surface area contributed by atoms with Crippen LogP contribution in [0.3, 0.4) is 0 Å². The summed E-state index contributed by atoms with van der Waals surface area (Å²) < 4.78 is 0. The maximum atomic E-state index is 3.53. The van der Waals surface area contributed by atoms with Gasteiger partial charge in [0.2, 0.25) is 0 Å². The van der Waals surface area contributed by atoms with Crippen molar-refractivity contribution in [1.82, 2.24) is 5.32 Å². The van der Waals surface area contributed by atoms with Gasteiger partial charge in [0, 0.05) is 6.04 Å². The maximum absolute atomic E-state index is 3.53. The molecule has 0 saturated heterocycles. The summed E-state index contributed by atoms with van der Waals surface area (Å²) in [5, 5.41) is 3.53. The van der Waals surface area contributed by atoms with Gasteiger partial charge in [-0.25, -0.2) is 0 Å². The molecule has 0 amide bonds. The fourth-order valence-electron chi connectivity index (χ4n) is 2.10. The summed E-state index contributed by atoms with van der Waals surface area (Å²) in [7, 11) is 0. The molecule has 0 heterocycles. The predicted molar refractivity (Wildman–Crippen MR) is 49.6 cm³/mol. The van der Waals surface area contributed by atoms with E-state index < -0.39 is 0 Å². The van der Waals surface area contributed by atoms with Crippen LogP contribution < -0.4 is 5.32 Å². The van der Waals surface area contributed by atoms with Gasteiger partial charge in [0.25, 0.3) is 0 Å². The highest BCUT2D eigenvalue weighted by atomic mass is 14.9. The Kier molecular flexibility index (Phi) is 3.38.